The molecule has 23 heavy (non-hydrogen) atoms. The lowest BCUT2D eigenvalue weighted by molar-refractivity contribution is 0.0994. The summed E-state index contributed by atoms with van der Waals surface area (Å²) in [6.07, 6.45) is 14.3. The molecule has 0 amide bonds. The first-order chi connectivity index (χ1) is 11.3. The molecule has 0 radical (unpaired) electrons. The van der Waals surface area contributed by atoms with Crippen molar-refractivity contribution < 1.29 is 4.42 Å². The van der Waals surface area contributed by atoms with Crippen molar-refractivity contribution in [2.75, 3.05) is 26.2 Å². The molecule has 4 rings (SSSR count). The van der Waals surface area contributed by atoms with Gasteiger partial charge < -0.3 is 4.42 Å². The van der Waals surface area contributed by atoms with Gasteiger partial charge in [0, 0.05) is 32.6 Å². The van der Waals surface area contributed by atoms with Gasteiger partial charge in [-0.2, -0.15) is 5.10 Å². The lowest BCUT2D eigenvalue weighted by atomic mass is 10.1. The third-order valence-corrected chi connectivity index (χ3v) is 4.68. The highest BCUT2D eigenvalue weighted by atomic mass is 16.3. The van der Waals surface area contributed by atoms with Gasteiger partial charge in [0.1, 0.15) is 12.0 Å². The second-order valence-electron chi connectivity index (χ2n) is 6.44. The van der Waals surface area contributed by atoms with E-state index in [1.807, 2.05) is 0 Å². The number of hydrogen-bond donors (Lipinski definition) is 0. The second-order valence-corrected chi connectivity index (χ2v) is 6.44. The summed E-state index contributed by atoms with van der Waals surface area (Å²) in [6, 6.07) is 0.445. The smallest absolute Gasteiger partial charge is 0.242 e. The Kier molecular flexibility index (Phi) is 3.87. The molecule has 0 saturated carbocycles. The van der Waals surface area contributed by atoms with Crippen molar-refractivity contribution >= 4 is 5.71 Å². The monoisotopic (exact) mass is 310 g/mol. The van der Waals surface area contributed by atoms with Crippen LogP contribution in [-0.4, -0.2) is 52.8 Å². The summed E-state index contributed by atoms with van der Waals surface area (Å²) in [6.45, 7) is 6.26. The first-order valence-electron chi connectivity index (χ1n) is 8.28. The van der Waals surface area contributed by atoms with Crippen LogP contribution in [0.2, 0.25) is 0 Å². The molecule has 3 heterocycles. The van der Waals surface area contributed by atoms with Crippen LogP contribution < -0.4 is 0 Å². The molecule has 3 aliphatic rings. The third kappa shape index (κ3) is 3.15. The molecule has 1 aromatic rings. The largest absolute Gasteiger partial charge is 0.444 e. The molecule has 5 heteroatoms. The number of oxazole rings is 1. The van der Waals surface area contributed by atoms with Crippen LogP contribution in [0, 0.1) is 0 Å². The van der Waals surface area contributed by atoms with Gasteiger partial charge in [-0.3, -0.25) is 9.91 Å². The van der Waals surface area contributed by atoms with Crippen LogP contribution in [0.1, 0.15) is 25.7 Å². The number of piperazine rings is 1. The molecule has 1 aromatic heterocycles. The van der Waals surface area contributed by atoms with Gasteiger partial charge in [-0.25, -0.2) is 4.98 Å². The minimum Gasteiger partial charge on any atom is -0.444 e. The Bertz CT molecular complexity index is 684. The highest BCUT2D eigenvalue weighted by Gasteiger charge is 2.33. The summed E-state index contributed by atoms with van der Waals surface area (Å²) in [7, 11) is 0. The SMILES string of the molecule is CC1=CCC=C(CN2CCN3N=C(c4ncco4)CC3C2)C=C1. The van der Waals surface area contributed by atoms with Gasteiger partial charge in [0.25, 0.3) is 0 Å². The summed E-state index contributed by atoms with van der Waals surface area (Å²) in [5.41, 5.74) is 3.74. The van der Waals surface area contributed by atoms with E-state index in [0.29, 0.717) is 11.9 Å². The maximum Gasteiger partial charge on any atom is 0.242 e. The molecule has 0 bridgehead atoms. The number of nitrogens with zero attached hydrogens (tertiary/aromatic N) is 4. The molecule has 0 aromatic carbocycles. The summed E-state index contributed by atoms with van der Waals surface area (Å²) < 4.78 is 5.39. The Morgan fingerprint density at radius 2 is 2.22 bits per heavy atom. The molecular formula is C18H22N4O. The predicted molar refractivity (Wildman–Crippen MR) is 90.2 cm³/mol. The maximum atomic E-state index is 5.39. The Morgan fingerprint density at radius 3 is 3.09 bits per heavy atom. The number of fused-ring (bicyclic) bond motifs is 1. The highest BCUT2D eigenvalue weighted by molar-refractivity contribution is 5.97. The van der Waals surface area contributed by atoms with E-state index in [2.05, 4.69) is 51.2 Å². The van der Waals surface area contributed by atoms with Gasteiger partial charge in [-0.15, -0.1) is 0 Å². The van der Waals surface area contributed by atoms with Gasteiger partial charge >= 0.3 is 0 Å². The Balaban J connectivity index is 1.37. The fourth-order valence-corrected chi connectivity index (χ4v) is 3.42. The van der Waals surface area contributed by atoms with Gasteiger partial charge in [0.2, 0.25) is 5.89 Å². The zero-order valence-electron chi connectivity index (χ0n) is 13.5. The minimum absolute atomic E-state index is 0.445. The third-order valence-electron chi connectivity index (χ3n) is 4.68. The molecule has 5 nitrogen and oxygen atoms in total. The normalized spacial score (nSPS) is 24.8. The number of allylic oxidation sites excluding steroid dienone is 4. The number of rotatable bonds is 3. The summed E-state index contributed by atoms with van der Waals surface area (Å²) >= 11 is 0. The van der Waals surface area contributed by atoms with Crippen molar-refractivity contribution in [3.63, 3.8) is 0 Å². The highest BCUT2D eigenvalue weighted by Crippen LogP contribution is 2.24. The van der Waals surface area contributed by atoms with Crippen LogP contribution in [0.4, 0.5) is 0 Å². The van der Waals surface area contributed by atoms with E-state index < -0.39 is 0 Å². The van der Waals surface area contributed by atoms with Gasteiger partial charge in [-0.1, -0.05) is 29.9 Å². The van der Waals surface area contributed by atoms with Crippen LogP contribution in [0.5, 0.6) is 0 Å². The molecule has 1 atom stereocenters. The van der Waals surface area contributed by atoms with Crippen LogP contribution >= 0.6 is 0 Å². The molecule has 0 spiro atoms. The number of aromatic nitrogens is 1. The Hall–Kier alpha value is -2.14. The van der Waals surface area contributed by atoms with Gasteiger partial charge in [0.05, 0.1) is 12.2 Å². The van der Waals surface area contributed by atoms with E-state index in [0.717, 1.165) is 44.7 Å². The summed E-state index contributed by atoms with van der Waals surface area (Å²) in [5.74, 6) is 0.668. The van der Waals surface area contributed by atoms with Gasteiger partial charge in [0.15, 0.2) is 0 Å². The summed E-state index contributed by atoms with van der Waals surface area (Å²) in [4.78, 5) is 6.76. The lowest BCUT2D eigenvalue weighted by Crippen LogP contribution is -2.49. The van der Waals surface area contributed by atoms with E-state index in [-0.39, 0.29) is 0 Å². The van der Waals surface area contributed by atoms with Crippen LogP contribution in [0.25, 0.3) is 0 Å². The average molecular weight is 310 g/mol. The van der Waals surface area contributed by atoms with Crippen LogP contribution in [0.15, 0.2) is 57.4 Å². The molecule has 0 N–H and O–H groups in total. The summed E-state index contributed by atoms with van der Waals surface area (Å²) in [5, 5.41) is 6.90. The number of hydrogen-bond acceptors (Lipinski definition) is 5. The molecule has 1 unspecified atom stereocenters. The molecular weight excluding hydrogens is 288 g/mol. The zero-order chi connectivity index (χ0) is 15.6. The zero-order valence-corrected chi connectivity index (χ0v) is 13.5. The van der Waals surface area contributed by atoms with Crippen LogP contribution in [-0.2, 0) is 0 Å². The standard InChI is InChI=1S/C18H22N4O/c1-14-3-2-4-15(6-5-14)12-21-8-9-22-16(13-21)11-17(20-22)18-19-7-10-23-18/h3-7,10,16H,2,8-9,11-13H2,1H3. The maximum absolute atomic E-state index is 5.39. The predicted octanol–water partition coefficient (Wildman–Crippen LogP) is 2.60. The lowest BCUT2D eigenvalue weighted by Gasteiger charge is -2.36. The molecule has 2 aliphatic heterocycles. The van der Waals surface area contributed by atoms with E-state index in [4.69, 9.17) is 4.42 Å². The van der Waals surface area contributed by atoms with Crippen molar-refractivity contribution in [3.05, 3.63) is 53.8 Å². The van der Waals surface area contributed by atoms with E-state index in [9.17, 15) is 0 Å². The first-order valence-corrected chi connectivity index (χ1v) is 8.28. The Labute approximate surface area is 136 Å². The van der Waals surface area contributed by atoms with Crippen LogP contribution in [0.3, 0.4) is 0 Å². The second kappa shape index (κ2) is 6.16. The van der Waals surface area contributed by atoms with Crippen molar-refractivity contribution in [2.24, 2.45) is 5.10 Å². The van der Waals surface area contributed by atoms with Crippen molar-refractivity contribution in [2.45, 2.75) is 25.8 Å². The molecule has 1 fully saturated rings. The fourth-order valence-electron chi connectivity index (χ4n) is 3.42. The molecule has 120 valence electrons. The molecule has 1 aliphatic carbocycles. The average Bonchev–Trinajstić information content (AvgIpc) is 3.16. The molecule has 1 saturated heterocycles. The topological polar surface area (TPSA) is 44.9 Å². The van der Waals surface area contributed by atoms with Crippen molar-refractivity contribution in [1.29, 1.82) is 0 Å². The van der Waals surface area contributed by atoms with E-state index in [1.54, 1.807) is 12.5 Å². The Morgan fingerprint density at radius 1 is 1.26 bits per heavy atom. The minimum atomic E-state index is 0.445. The van der Waals surface area contributed by atoms with E-state index >= 15 is 0 Å². The first kappa shape index (κ1) is 14.5. The van der Waals surface area contributed by atoms with Gasteiger partial charge in [-0.05, 0) is 18.9 Å². The number of hydrazone groups is 1. The van der Waals surface area contributed by atoms with E-state index in [1.165, 1.54) is 11.1 Å². The van der Waals surface area contributed by atoms with Crippen molar-refractivity contribution in [1.82, 2.24) is 14.9 Å². The van der Waals surface area contributed by atoms with Crippen molar-refractivity contribution in [3.8, 4) is 0 Å². The quantitative estimate of drug-likeness (QED) is 0.861. The fraction of sp³-hybridized carbons (Fsp3) is 0.444.